The lowest BCUT2D eigenvalue weighted by Gasteiger charge is -2.17. The summed E-state index contributed by atoms with van der Waals surface area (Å²) >= 11 is 0. The second kappa shape index (κ2) is 7.23. The van der Waals surface area contributed by atoms with Gasteiger partial charge in [0.2, 0.25) is 0 Å². The lowest BCUT2D eigenvalue weighted by atomic mass is 10.1. The van der Waals surface area contributed by atoms with Gasteiger partial charge in [-0.05, 0) is 43.9 Å². The van der Waals surface area contributed by atoms with Crippen molar-refractivity contribution in [2.45, 2.75) is 39.5 Å². The molecule has 3 nitrogen and oxygen atoms in total. The number of nitrogens with two attached hydrogens (primary N) is 1. The number of hydrogen-bond acceptors (Lipinski definition) is 3. The van der Waals surface area contributed by atoms with Crippen LogP contribution in [0.15, 0.2) is 12.1 Å². The average Bonchev–Trinajstić information content (AvgIpc) is 2.38. The first-order valence-electron chi connectivity index (χ1n) is 6.33. The quantitative estimate of drug-likeness (QED) is 0.824. The normalized spacial score (nSPS) is 13.2. The number of rotatable bonds is 3. The van der Waals surface area contributed by atoms with Gasteiger partial charge < -0.3 is 11.1 Å². The highest BCUT2D eigenvalue weighted by atomic mass is 15.0. The van der Waals surface area contributed by atoms with Crippen LogP contribution in [0.1, 0.15) is 37.9 Å². The van der Waals surface area contributed by atoms with Gasteiger partial charge in [0.15, 0.2) is 0 Å². The second-order valence-electron chi connectivity index (χ2n) is 3.73. The molecule has 0 radical (unpaired) electrons. The fourth-order valence-electron chi connectivity index (χ4n) is 1.79. The number of hydrogen-bond donors (Lipinski definition) is 2. The minimum Gasteiger partial charge on any atom is -0.370 e. The van der Waals surface area contributed by atoms with Gasteiger partial charge in [0, 0.05) is 12.2 Å². The van der Waals surface area contributed by atoms with Crippen LogP contribution in [-0.2, 0) is 12.8 Å². The van der Waals surface area contributed by atoms with Crippen molar-refractivity contribution in [2.24, 2.45) is 5.73 Å². The van der Waals surface area contributed by atoms with Gasteiger partial charge in [0.25, 0.3) is 0 Å². The van der Waals surface area contributed by atoms with Gasteiger partial charge >= 0.3 is 0 Å². The first-order chi connectivity index (χ1) is 7.90. The van der Waals surface area contributed by atoms with Crippen LogP contribution >= 0.6 is 0 Å². The number of anilines is 1. The van der Waals surface area contributed by atoms with Crippen molar-refractivity contribution < 1.29 is 0 Å². The minimum absolute atomic E-state index is 0.742. The molecule has 0 aromatic carbocycles. The van der Waals surface area contributed by atoms with Crippen molar-refractivity contribution in [1.82, 2.24) is 4.98 Å². The summed E-state index contributed by atoms with van der Waals surface area (Å²) < 4.78 is 0. The van der Waals surface area contributed by atoms with Crippen LogP contribution in [0.25, 0.3) is 0 Å². The highest BCUT2D eigenvalue weighted by Gasteiger charge is 2.09. The maximum atomic E-state index is 5.47. The molecule has 0 fully saturated rings. The molecule has 1 aliphatic rings. The molecule has 2 heterocycles. The summed E-state index contributed by atoms with van der Waals surface area (Å²) in [6, 6.07) is 4.32. The summed E-state index contributed by atoms with van der Waals surface area (Å²) in [5.41, 5.74) is 7.98. The highest BCUT2D eigenvalue weighted by molar-refractivity contribution is 5.46. The third-order valence-electron chi connectivity index (χ3n) is 2.59. The molecule has 0 unspecified atom stereocenters. The molecule has 1 aliphatic heterocycles. The molecule has 1 aromatic heterocycles. The molecule has 2 rings (SSSR count). The molecule has 0 spiro atoms. The summed E-state index contributed by atoms with van der Waals surface area (Å²) in [6.07, 6.45) is 4.39. The number of pyridine rings is 1. The Morgan fingerprint density at radius 2 is 2.19 bits per heavy atom. The van der Waals surface area contributed by atoms with Crippen LogP contribution in [0.3, 0.4) is 0 Å². The fourth-order valence-corrected chi connectivity index (χ4v) is 1.79. The maximum absolute atomic E-state index is 5.47. The molecule has 0 aliphatic carbocycles. The maximum Gasteiger partial charge on any atom is 0.129 e. The monoisotopic (exact) mass is 221 g/mol. The van der Waals surface area contributed by atoms with Crippen molar-refractivity contribution in [2.75, 3.05) is 18.4 Å². The van der Waals surface area contributed by atoms with Crippen LogP contribution in [-0.4, -0.2) is 18.1 Å². The predicted molar refractivity (Wildman–Crippen MR) is 69.8 cm³/mol. The Labute approximate surface area is 98.5 Å². The lowest BCUT2D eigenvalue weighted by molar-refractivity contribution is 0.785. The van der Waals surface area contributed by atoms with Gasteiger partial charge in [-0.25, -0.2) is 4.98 Å². The van der Waals surface area contributed by atoms with E-state index in [4.69, 9.17) is 5.73 Å². The molecular formula is C13H23N3. The van der Waals surface area contributed by atoms with E-state index in [9.17, 15) is 0 Å². The Balaban J connectivity index is 0.000000606. The number of aromatic nitrogens is 1. The zero-order valence-electron chi connectivity index (χ0n) is 10.4. The molecule has 0 bridgehead atoms. The molecule has 3 N–H and O–H groups in total. The molecule has 3 heteroatoms. The van der Waals surface area contributed by atoms with Gasteiger partial charge in [0.1, 0.15) is 5.82 Å². The number of aryl methyl sites for hydroxylation is 2. The smallest absolute Gasteiger partial charge is 0.129 e. The van der Waals surface area contributed by atoms with Gasteiger partial charge in [-0.3, -0.25) is 0 Å². The molecule has 0 atom stereocenters. The topological polar surface area (TPSA) is 50.9 Å². The molecule has 16 heavy (non-hydrogen) atoms. The van der Waals surface area contributed by atoms with Crippen molar-refractivity contribution >= 4 is 5.82 Å². The minimum atomic E-state index is 0.742. The predicted octanol–water partition coefficient (Wildman–Crippen LogP) is 2.36. The first-order valence-corrected chi connectivity index (χ1v) is 6.33. The summed E-state index contributed by atoms with van der Waals surface area (Å²) in [5, 5.41) is 3.34. The Bertz CT molecular complexity index is 310. The van der Waals surface area contributed by atoms with E-state index >= 15 is 0 Å². The Kier molecular flexibility index (Phi) is 5.86. The Hall–Kier alpha value is -1.09. The molecule has 0 amide bonds. The van der Waals surface area contributed by atoms with E-state index in [-0.39, 0.29) is 0 Å². The van der Waals surface area contributed by atoms with Crippen molar-refractivity contribution in [3.8, 4) is 0 Å². The Morgan fingerprint density at radius 3 is 2.94 bits per heavy atom. The average molecular weight is 221 g/mol. The number of nitrogens with one attached hydrogen (secondary N) is 1. The summed E-state index contributed by atoms with van der Waals surface area (Å²) in [5.74, 6) is 1.09. The van der Waals surface area contributed by atoms with Crippen LogP contribution in [0.2, 0.25) is 0 Å². The number of fused-ring (bicyclic) bond motifs is 1. The van der Waals surface area contributed by atoms with Crippen molar-refractivity contribution in [3.05, 3.63) is 23.4 Å². The van der Waals surface area contributed by atoms with E-state index in [1.807, 2.05) is 13.8 Å². The molecule has 0 saturated carbocycles. The van der Waals surface area contributed by atoms with E-state index in [1.54, 1.807) is 0 Å². The molecule has 0 saturated heterocycles. The number of nitrogens with zero attached hydrogens (tertiary/aromatic N) is 1. The third-order valence-corrected chi connectivity index (χ3v) is 2.59. The van der Waals surface area contributed by atoms with E-state index in [2.05, 4.69) is 22.4 Å². The standard InChI is InChI=1S/C11H17N3.C2H6/c12-7-1-4-10-6-5-9-3-2-8-13-11(9)14-10;1-2/h5-6H,1-4,7-8,12H2,(H,13,14);1-2H3. The second-order valence-corrected chi connectivity index (χ2v) is 3.73. The first kappa shape index (κ1) is 13.0. The third kappa shape index (κ3) is 3.49. The summed E-state index contributed by atoms with van der Waals surface area (Å²) in [4.78, 5) is 4.58. The summed E-state index contributed by atoms with van der Waals surface area (Å²) in [7, 11) is 0. The van der Waals surface area contributed by atoms with Gasteiger partial charge in [-0.15, -0.1) is 0 Å². The van der Waals surface area contributed by atoms with Crippen LogP contribution in [0, 0.1) is 0 Å². The molecule has 1 aromatic rings. The van der Waals surface area contributed by atoms with Gasteiger partial charge in [-0.2, -0.15) is 0 Å². The fraction of sp³-hybridized carbons (Fsp3) is 0.615. The summed E-state index contributed by atoms with van der Waals surface area (Å²) in [6.45, 7) is 5.80. The lowest BCUT2D eigenvalue weighted by Crippen LogP contribution is -2.14. The zero-order valence-corrected chi connectivity index (χ0v) is 10.4. The van der Waals surface area contributed by atoms with E-state index in [0.717, 1.165) is 43.9 Å². The highest BCUT2D eigenvalue weighted by Crippen LogP contribution is 2.19. The van der Waals surface area contributed by atoms with Crippen molar-refractivity contribution in [3.63, 3.8) is 0 Å². The largest absolute Gasteiger partial charge is 0.370 e. The van der Waals surface area contributed by atoms with E-state index in [1.165, 1.54) is 12.0 Å². The van der Waals surface area contributed by atoms with Crippen molar-refractivity contribution in [1.29, 1.82) is 0 Å². The van der Waals surface area contributed by atoms with Gasteiger partial charge in [-0.1, -0.05) is 19.9 Å². The van der Waals surface area contributed by atoms with Crippen LogP contribution in [0.4, 0.5) is 5.82 Å². The Morgan fingerprint density at radius 1 is 1.38 bits per heavy atom. The SMILES string of the molecule is CC.NCCCc1ccc2c(n1)NCCC2. The molecule has 90 valence electrons. The molecular weight excluding hydrogens is 198 g/mol. The van der Waals surface area contributed by atoms with E-state index in [0.29, 0.717) is 0 Å². The zero-order chi connectivity index (χ0) is 11.8. The van der Waals surface area contributed by atoms with E-state index < -0.39 is 0 Å². The van der Waals surface area contributed by atoms with Crippen LogP contribution in [0.5, 0.6) is 0 Å². The van der Waals surface area contributed by atoms with Crippen LogP contribution < -0.4 is 11.1 Å². The van der Waals surface area contributed by atoms with Gasteiger partial charge in [0.05, 0.1) is 0 Å².